The Morgan fingerprint density at radius 2 is 1.72 bits per heavy atom. The summed E-state index contributed by atoms with van der Waals surface area (Å²) in [6.07, 6.45) is 4.69. The summed E-state index contributed by atoms with van der Waals surface area (Å²) in [5, 5.41) is 8.50. The highest BCUT2D eigenvalue weighted by atomic mass is 16.7. The molecule has 1 aliphatic heterocycles. The van der Waals surface area contributed by atoms with Crippen LogP contribution in [0.4, 0.5) is 0 Å². The standard InChI is InChI=1S/C13H23BO4/c1-12(2)13(3,4)18-14(17-12)10-8-6-5-7-9-11(15)16/h8,10H,5-7,9H2,1-4H3,(H,15,16)/b10-8+. The molecular weight excluding hydrogens is 231 g/mol. The van der Waals surface area contributed by atoms with Crippen molar-refractivity contribution >= 4 is 13.1 Å². The van der Waals surface area contributed by atoms with Crippen LogP contribution >= 0.6 is 0 Å². The lowest BCUT2D eigenvalue weighted by Gasteiger charge is -2.32. The fourth-order valence-electron chi connectivity index (χ4n) is 1.71. The predicted octanol–water partition coefficient (Wildman–Crippen LogP) is 2.82. The molecule has 0 aromatic heterocycles. The van der Waals surface area contributed by atoms with E-state index in [9.17, 15) is 4.79 Å². The highest BCUT2D eigenvalue weighted by Gasteiger charge is 2.49. The number of hydrogen-bond acceptors (Lipinski definition) is 3. The van der Waals surface area contributed by atoms with E-state index in [1.54, 1.807) is 0 Å². The third-order valence-corrected chi connectivity index (χ3v) is 3.58. The van der Waals surface area contributed by atoms with E-state index in [0.717, 1.165) is 12.8 Å². The quantitative estimate of drug-likeness (QED) is 0.585. The first kappa shape index (κ1) is 15.3. The van der Waals surface area contributed by atoms with Gasteiger partial charge in [0, 0.05) is 6.42 Å². The molecule has 1 saturated heterocycles. The first-order valence-corrected chi connectivity index (χ1v) is 6.49. The lowest BCUT2D eigenvalue weighted by Crippen LogP contribution is -2.41. The zero-order chi connectivity index (χ0) is 13.8. The molecule has 1 aliphatic rings. The number of aliphatic carboxylic acids is 1. The topological polar surface area (TPSA) is 55.8 Å². The van der Waals surface area contributed by atoms with Gasteiger partial charge in [-0.25, -0.2) is 0 Å². The molecule has 0 unspecified atom stereocenters. The van der Waals surface area contributed by atoms with E-state index in [1.807, 2.05) is 39.7 Å². The van der Waals surface area contributed by atoms with Gasteiger partial charge >= 0.3 is 13.1 Å². The number of rotatable bonds is 6. The van der Waals surface area contributed by atoms with Gasteiger partial charge in [-0.15, -0.1) is 0 Å². The first-order valence-electron chi connectivity index (χ1n) is 6.49. The van der Waals surface area contributed by atoms with E-state index >= 15 is 0 Å². The molecule has 0 spiro atoms. The van der Waals surface area contributed by atoms with E-state index in [2.05, 4.69) is 0 Å². The number of carboxylic acids is 1. The molecule has 0 atom stereocenters. The van der Waals surface area contributed by atoms with Crippen molar-refractivity contribution in [1.82, 2.24) is 0 Å². The van der Waals surface area contributed by atoms with Crippen molar-refractivity contribution in [2.45, 2.75) is 64.6 Å². The van der Waals surface area contributed by atoms with Crippen LogP contribution in [0.3, 0.4) is 0 Å². The Morgan fingerprint density at radius 3 is 2.22 bits per heavy atom. The molecule has 4 nitrogen and oxygen atoms in total. The highest BCUT2D eigenvalue weighted by molar-refractivity contribution is 6.51. The second kappa shape index (κ2) is 5.89. The maximum atomic E-state index is 10.3. The molecule has 0 saturated carbocycles. The summed E-state index contributed by atoms with van der Waals surface area (Å²) >= 11 is 0. The van der Waals surface area contributed by atoms with Crippen LogP contribution in [-0.2, 0) is 14.1 Å². The number of carboxylic acid groups (broad SMARTS) is 1. The van der Waals surface area contributed by atoms with Gasteiger partial charge in [-0.1, -0.05) is 12.1 Å². The van der Waals surface area contributed by atoms with Gasteiger partial charge in [0.1, 0.15) is 0 Å². The maximum absolute atomic E-state index is 10.3. The summed E-state index contributed by atoms with van der Waals surface area (Å²) in [6, 6.07) is 0. The zero-order valence-electron chi connectivity index (χ0n) is 11.7. The molecule has 1 heterocycles. The first-order chi connectivity index (χ1) is 8.24. The monoisotopic (exact) mass is 254 g/mol. The molecule has 18 heavy (non-hydrogen) atoms. The van der Waals surface area contributed by atoms with Crippen LogP contribution in [0.1, 0.15) is 53.4 Å². The lowest BCUT2D eigenvalue weighted by molar-refractivity contribution is -0.137. The average Bonchev–Trinajstić information content (AvgIpc) is 2.40. The Balaban J connectivity index is 2.26. The summed E-state index contributed by atoms with van der Waals surface area (Å²) in [7, 11) is -0.297. The normalized spacial score (nSPS) is 21.7. The van der Waals surface area contributed by atoms with Gasteiger partial charge in [0.2, 0.25) is 0 Å². The minimum Gasteiger partial charge on any atom is -0.481 e. The maximum Gasteiger partial charge on any atom is 0.486 e. The van der Waals surface area contributed by atoms with Gasteiger partial charge in [0.15, 0.2) is 0 Å². The molecule has 1 fully saturated rings. The van der Waals surface area contributed by atoms with Crippen molar-refractivity contribution in [2.24, 2.45) is 0 Å². The van der Waals surface area contributed by atoms with Gasteiger partial charge in [0.05, 0.1) is 11.2 Å². The summed E-state index contributed by atoms with van der Waals surface area (Å²) in [4.78, 5) is 10.3. The fraction of sp³-hybridized carbons (Fsp3) is 0.769. The van der Waals surface area contributed by atoms with E-state index < -0.39 is 5.97 Å². The summed E-state index contributed by atoms with van der Waals surface area (Å²) in [5.74, 6) is 1.18. The molecule has 0 aromatic rings. The van der Waals surface area contributed by atoms with E-state index in [-0.39, 0.29) is 24.7 Å². The Morgan fingerprint density at radius 1 is 1.17 bits per heavy atom. The number of allylic oxidation sites excluding steroid dienone is 1. The van der Waals surface area contributed by atoms with Crippen molar-refractivity contribution in [3.05, 3.63) is 12.1 Å². The molecule has 0 aromatic carbocycles. The van der Waals surface area contributed by atoms with Crippen molar-refractivity contribution < 1.29 is 19.2 Å². The Labute approximate surface area is 109 Å². The third kappa shape index (κ3) is 4.14. The summed E-state index contributed by atoms with van der Waals surface area (Å²) in [5.41, 5.74) is -0.601. The second-order valence-corrected chi connectivity index (χ2v) is 5.69. The van der Waals surface area contributed by atoms with Crippen LogP contribution in [0.25, 0.3) is 0 Å². The van der Waals surface area contributed by atoms with E-state index in [0.29, 0.717) is 6.42 Å². The average molecular weight is 254 g/mol. The molecule has 0 amide bonds. The molecule has 0 radical (unpaired) electrons. The Hall–Kier alpha value is -0.805. The van der Waals surface area contributed by atoms with Gasteiger partial charge < -0.3 is 14.4 Å². The molecule has 5 heteroatoms. The molecule has 1 N–H and O–H groups in total. The second-order valence-electron chi connectivity index (χ2n) is 5.69. The van der Waals surface area contributed by atoms with Crippen LogP contribution in [0.15, 0.2) is 12.1 Å². The minimum absolute atomic E-state index is 0.240. The number of carbonyl (C=O) groups is 1. The molecule has 0 aliphatic carbocycles. The van der Waals surface area contributed by atoms with E-state index in [1.165, 1.54) is 0 Å². The van der Waals surface area contributed by atoms with Crippen molar-refractivity contribution in [3.8, 4) is 0 Å². The number of hydrogen-bond donors (Lipinski definition) is 1. The van der Waals surface area contributed by atoms with Gasteiger partial charge in [-0.3, -0.25) is 4.79 Å². The Kier molecular flexibility index (Phi) is 4.99. The van der Waals surface area contributed by atoms with Crippen molar-refractivity contribution in [1.29, 1.82) is 0 Å². The predicted molar refractivity (Wildman–Crippen MR) is 71.3 cm³/mol. The zero-order valence-corrected chi connectivity index (χ0v) is 11.7. The fourth-order valence-corrected chi connectivity index (χ4v) is 1.71. The summed E-state index contributed by atoms with van der Waals surface area (Å²) in [6.45, 7) is 8.09. The van der Waals surface area contributed by atoms with Gasteiger partial charge in [0.25, 0.3) is 0 Å². The summed E-state index contributed by atoms with van der Waals surface area (Å²) < 4.78 is 11.6. The highest BCUT2D eigenvalue weighted by Crippen LogP contribution is 2.36. The minimum atomic E-state index is -0.732. The molecule has 102 valence electrons. The third-order valence-electron chi connectivity index (χ3n) is 3.58. The van der Waals surface area contributed by atoms with Crippen LogP contribution in [0.5, 0.6) is 0 Å². The van der Waals surface area contributed by atoms with Gasteiger partial charge in [-0.2, -0.15) is 0 Å². The smallest absolute Gasteiger partial charge is 0.481 e. The Bertz CT molecular complexity index is 307. The van der Waals surface area contributed by atoms with Crippen LogP contribution < -0.4 is 0 Å². The van der Waals surface area contributed by atoms with Gasteiger partial charge in [-0.05, 0) is 47.0 Å². The van der Waals surface area contributed by atoms with Crippen LogP contribution in [0.2, 0.25) is 0 Å². The van der Waals surface area contributed by atoms with Crippen LogP contribution in [-0.4, -0.2) is 29.4 Å². The number of unbranched alkanes of at least 4 members (excludes halogenated alkanes) is 2. The van der Waals surface area contributed by atoms with Crippen molar-refractivity contribution in [2.75, 3.05) is 0 Å². The van der Waals surface area contributed by atoms with E-state index in [4.69, 9.17) is 14.4 Å². The SMILES string of the molecule is CC1(C)OB(/C=C/CCCCC(=O)O)OC1(C)C. The van der Waals surface area contributed by atoms with Crippen LogP contribution in [0, 0.1) is 0 Å². The molecule has 0 bridgehead atoms. The molecular formula is C13H23BO4. The largest absolute Gasteiger partial charge is 0.486 e. The lowest BCUT2D eigenvalue weighted by atomic mass is 9.89. The van der Waals surface area contributed by atoms with Crippen molar-refractivity contribution in [3.63, 3.8) is 0 Å². The molecule has 1 rings (SSSR count).